The number of amides is 1. The van der Waals surface area contributed by atoms with Gasteiger partial charge in [-0.3, -0.25) is 4.79 Å². The predicted octanol–water partition coefficient (Wildman–Crippen LogP) is 1.14. The maximum atomic E-state index is 11.5. The molecule has 1 amide bonds. The number of nitrogens with one attached hydrogen (secondary N) is 2. The Morgan fingerprint density at radius 3 is 2.80 bits per heavy atom. The lowest BCUT2D eigenvalue weighted by Crippen LogP contribution is -2.33. The van der Waals surface area contributed by atoms with Crippen LogP contribution < -0.4 is 10.6 Å². The molecule has 0 heterocycles. The van der Waals surface area contributed by atoms with E-state index in [9.17, 15) is 4.79 Å². The van der Waals surface area contributed by atoms with Crippen molar-refractivity contribution in [1.82, 2.24) is 10.6 Å². The Bertz CT molecular complexity index is 270. The quantitative estimate of drug-likeness (QED) is 0.311. The summed E-state index contributed by atoms with van der Waals surface area (Å²) in [7, 11) is 0. The highest BCUT2D eigenvalue weighted by atomic mass is 35.5. The maximum Gasteiger partial charge on any atom is 0.263 e. The zero-order valence-corrected chi connectivity index (χ0v) is 9.77. The first-order valence-corrected chi connectivity index (χ1v) is 5.39. The smallest absolute Gasteiger partial charge is 0.263 e. The number of halogens is 1. The van der Waals surface area contributed by atoms with E-state index in [0.717, 1.165) is 6.42 Å². The van der Waals surface area contributed by atoms with E-state index >= 15 is 0 Å². The van der Waals surface area contributed by atoms with Crippen molar-refractivity contribution in [2.45, 2.75) is 26.3 Å². The molecule has 0 aromatic heterocycles. The molecule has 0 saturated heterocycles. The van der Waals surface area contributed by atoms with Crippen LogP contribution in [0.5, 0.6) is 0 Å². The molecule has 0 bridgehead atoms. The van der Waals surface area contributed by atoms with Crippen LogP contribution in [0.2, 0.25) is 0 Å². The first-order chi connectivity index (χ1) is 7.15. The lowest BCUT2D eigenvalue weighted by atomic mass is 10.2. The van der Waals surface area contributed by atoms with Gasteiger partial charge in [0.1, 0.15) is 11.6 Å². The van der Waals surface area contributed by atoms with Crippen molar-refractivity contribution in [1.29, 1.82) is 5.26 Å². The third kappa shape index (κ3) is 5.97. The van der Waals surface area contributed by atoms with Crippen molar-refractivity contribution in [3.8, 4) is 6.07 Å². The SMILES string of the molecule is CCC(C)NC(=O)/C(C#N)=C\NCCCl. The van der Waals surface area contributed by atoms with Gasteiger partial charge in [0.2, 0.25) is 0 Å². The number of carbonyl (C=O) groups is 1. The fourth-order valence-corrected chi connectivity index (χ4v) is 0.890. The Hall–Kier alpha value is -1.21. The van der Waals surface area contributed by atoms with E-state index in [2.05, 4.69) is 10.6 Å². The third-order valence-electron chi connectivity index (χ3n) is 1.84. The van der Waals surface area contributed by atoms with Crippen molar-refractivity contribution in [2.24, 2.45) is 0 Å². The van der Waals surface area contributed by atoms with E-state index in [1.165, 1.54) is 6.20 Å². The Kier molecular flexibility index (Phi) is 7.47. The summed E-state index contributed by atoms with van der Waals surface area (Å²) < 4.78 is 0. The molecular weight excluding hydrogens is 214 g/mol. The molecule has 84 valence electrons. The number of nitrogens with zero attached hydrogens (tertiary/aromatic N) is 1. The van der Waals surface area contributed by atoms with Gasteiger partial charge in [-0.15, -0.1) is 11.6 Å². The highest BCUT2D eigenvalue weighted by Gasteiger charge is 2.10. The average molecular weight is 230 g/mol. The van der Waals surface area contributed by atoms with Crippen molar-refractivity contribution in [3.63, 3.8) is 0 Å². The molecule has 0 spiro atoms. The lowest BCUT2D eigenvalue weighted by Gasteiger charge is -2.10. The largest absolute Gasteiger partial charge is 0.388 e. The van der Waals surface area contributed by atoms with Crippen molar-refractivity contribution < 1.29 is 4.79 Å². The lowest BCUT2D eigenvalue weighted by molar-refractivity contribution is -0.117. The van der Waals surface area contributed by atoms with E-state index < -0.39 is 0 Å². The van der Waals surface area contributed by atoms with Gasteiger partial charge in [0.15, 0.2) is 0 Å². The number of hydrogen-bond donors (Lipinski definition) is 2. The monoisotopic (exact) mass is 229 g/mol. The number of carbonyl (C=O) groups excluding carboxylic acids is 1. The summed E-state index contributed by atoms with van der Waals surface area (Å²) in [5.74, 6) is 0.0799. The molecule has 1 atom stereocenters. The van der Waals surface area contributed by atoms with Crippen LogP contribution in [0.3, 0.4) is 0 Å². The molecule has 0 aromatic rings. The van der Waals surface area contributed by atoms with Gasteiger partial charge in [-0.25, -0.2) is 0 Å². The minimum absolute atomic E-state index is 0.0698. The molecule has 2 N–H and O–H groups in total. The standard InChI is InChI=1S/C10H16ClN3O/c1-3-8(2)14-10(15)9(6-12)7-13-5-4-11/h7-8,13H,3-5H2,1-2H3,(H,14,15)/b9-7-. The molecule has 1 unspecified atom stereocenters. The molecule has 15 heavy (non-hydrogen) atoms. The summed E-state index contributed by atoms with van der Waals surface area (Å²) in [5.41, 5.74) is 0.0698. The maximum absolute atomic E-state index is 11.5. The summed E-state index contributed by atoms with van der Waals surface area (Å²) in [6.45, 7) is 4.38. The molecule has 0 aliphatic heterocycles. The third-order valence-corrected chi connectivity index (χ3v) is 2.03. The van der Waals surface area contributed by atoms with Gasteiger partial charge in [-0.1, -0.05) is 6.92 Å². The van der Waals surface area contributed by atoms with Crippen LogP contribution >= 0.6 is 11.6 Å². The average Bonchev–Trinajstić information content (AvgIpc) is 2.24. The second-order valence-corrected chi connectivity index (χ2v) is 3.47. The molecule has 4 nitrogen and oxygen atoms in total. The summed E-state index contributed by atoms with van der Waals surface area (Å²) in [6, 6.07) is 1.91. The normalized spacial score (nSPS) is 12.8. The first kappa shape index (κ1) is 13.8. The molecule has 5 heteroatoms. The van der Waals surface area contributed by atoms with Crippen LogP contribution in [-0.4, -0.2) is 24.4 Å². The van der Waals surface area contributed by atoms with E-state index in [1.54, 1.807) is 0 Å². The fourth-order valence-electron chi connectivity index (χ4n) is 0.781. The second kappa shape index (κ2) is 8.13. The molecule has 0 saturated carbocycles. The molecule has 0 fully saturated rings. The number of nitriles is 1. The molecule has 0 aliphatic carbocycles. The van der Waals surface area contributed by atoms with Crippen molar-refractivity contribution >= 4 is 17.5 Å². The van der Waals surface area contributed by atoms with Gasteiger partial charge in [-0.05, 0) is 13.3 Å². The van der Waals surface area contributed by atoms with Crippen molar-refractivity contribution in [2.75, 3.05) is 12.4 Å². The Balaban J connectivity index is 4.23. The summed E-state index contributed by atoms with van der Waals surface area (Å²) in [5, 5.41) is 14.2. The zero-order valence-electron chi connectivity index (χ0n) is 9.01. The Labute approximate surface area is 95.3 Å². The molecule has 0 aliphatic rings. The van der Waals surface area contributed by atoms with E-state index in [4.69, 9.17) is 16.9 Å². The number of alkyl halides is 1. The van der Waals surface area contributed by atoms with E-state index in [0.29, 0.717) is 12.4 Å². The van der Waals surface area contributed by atoms with E-state index in [-0.39, 0.29) is 17.5 Å². The van der Waals surface area contributed by atoms with Crippen molar-refractivity contribution in [3.05, 3.63) is 11.8 Å². The second-order valence-electron chi connectivity index (χ2n) is 3.10. The molecule has 0 aromatic carbocycles. The highest BCUT2D eigenvalue weighted by Crippen LogP contribution is 1.94. The Morgan fingerprint density at radius 1 is 1.67 bits per heavy atom. The van der Waals surface area contributed by atoms with Gasteiger partial charge >= 0.3 is 0 Å². The van der Waals surface area contributed by atoms with Gasteiger partial charge in [0.25, 0.3) is 5.91 Å². The summed E-state index contributed by atoms with van der Waals surface area (Å²) in [6.07, 6.45) is 2.22. The van der Waals surface area contributed by atoms with Gasteiger partial charge in [-0.2, -0.15) is 5.26 Å². The first-order valence-electron chi connectivity index (χ1n) is 4.86. The van der Waals surface area contributed by atoms with Gasteiger partial charge in [0, 0.05) is 24.7 Å². The van der Waals surface area contributed by atoms with Crippen LogP contribution in [-0.2, 0) is 4.79 Å². The Morgan fingerprint density at radius 2 is 2.33 bits per heavy atom. The highest BCUT2D eigenvalue weighted by molar-refractivity contribution is 6.18. The summed E-state index contributed by atoms with van der Waals surface area (Å²) in [4.78, 5) is 11.5. The molecule has 0 radical (unpaired) electrons. The summed E-state index contributed by atoms with van der Waals surface area (Å²) >= 11 is 5.44. The van der Waals surface area contributed by atoms with Crippen LogP contribution in [0.1, 0.15) is 20.3 Å². The topological polar surface area (TPSA) is 64.9 Å². The molecule has 0 rings (SSSR count). The number of rotatable bonds is 6. The van der Waals surface area contributed by atoms with Gasteiger partial charge in [0.05, 0.1) is 0 Å². The molecular formula is C10H16ClN3O. The minimum Gasteiger partial charge on any atom is -0.388 e. The zero-order chi connectivity index (χ0) is 11.7. The number of hydrogen-bond acceptors (Lipinski definition) is 3. The van der Waals surface area contributed by atoms with Crippen LogP contribution in [0.25, 0.3) is 0 Å². The fraction of sp³-hybridized carbons (Fsp3) is 0.600. The van der Waals surface area contributed by atoms with E-state index in [1.807, 2.05) is 19.9 Å². The van der Waals surface area contributed by atoms with Crippen LogP contribution in [0.15, 0.2) is 11.8 Å². The van der Waals surface area contributed by atoms with Gasteiger partial charge < -0.3 is 10.6 Å². The van der Waals surface area contributed by atoms with Crippen LogP contribution in [0, 0.1) is 11.3 Å². The minimum atomic E-state index is -0.353. The van der Waals surface area contributed by atoms with Crippen LogP contribution in [0.4, 0.5) is 0 Å². The predicted molar refractivity (Wildman–Crippen MR) is 60.3 cm³/mol.